The molecule has 0 radical (unpaired) electrons. The van der Waals surface area contributed by atoms with Crippen molar-refractivity contribution in [2.75, 3.05) is 5.32 Å². The first kappa shape index (κ1) is 12.5. The molecule has 18 heavy (non-hydrogen) atoms. The molecule has 92 valence electrons. The van der Waals surface area contributed by atoms with Crippen molar-refractivity contribution < 1.29 is 9.90 Å². The van der Waals surface area contributed by atoms with Crippen molar-refractivity contribution in [1.82, 2.24) is 15.0 Å². The lowest BCUT2D eigenvalue weighted by molar-refractivity contribution is 0.0697. The highest BCUT2D eigenvalue weighted by Crippen LogP contribution is 2.17. The summed E-state index contributed by atoms with van der Waals surface area (Å²) >= 11 is 11.2. The molecular weight excluding hydrogens is 279 g/mol. The summed E-state index contributed by atoms with van der Waals surface area (Å²) in [6.07, 6.45) is 0. The Morgan fingerprint density at radius 2 is 1.83 bits per heavy atom. The first-order chi connectivity index (χ1) is 8.54. The first-order valence-electron chi connectivity index (χ1n) is 4.72. The predicted molar refractivity (Wildman–Crippen MR) is 66.5 cm³/mol. The number of anilines is 2. The Bertz CT molecular complexity index is 586. The van der Waals surface area contributed by atoms with Crippen LogP contribution < -0.4 is 5.32 Å². The van der Waals surface area contributed by atoms with Gasteiger partial charge in [-0.15, -0.1) is 0 Å². The zero-order valence-electron chi connectivity index (χ0n) is 8.76. The molecule has 1 aromatic heterocycles. The lowest BCUT2D eigenvalue weighted by atomic mass is 10.2. The quantitative estimate of drug-likeness (QED) is 0.901. The van der Waals surface area contributed by atoms with Crippen molar-refractivity contribution in [1.29, 1.82) is 0 Å². The molecule has 0 aliphatic carbocycles. The molecular formula is C10H6Cl2N4O2. The van der Waals surface area contributed by atoms with Crippen LogP contribution in [0.15, 0.2) is 24.3 Å². The van der Waals surface area contributed by atoms with Crippen LogP contribution in [0.3, 0.4) is 0 Å². The largest absolute Gasteiger partial charge is 0.478 e. The third kappa shape index (κ3) is 3.06. The lowest BCUT2D eigenvalue weighted by Gasteiger charge is -2.05. The van der Waals surface area contributed by atoms with E-state index in [9.17, 15) is 4.79 Å². The second-order valence-electron chi connectivity index (χ2n) is 3.21. The molecule has 0 spiro atoms. The second kappa shape index (κ2) is 5.16. The van der Waals surface area contributed by atoms with E-state index in [-0.39, 0.29) is 22.1 Å². The van der Waals surface area contributed by atoms with Gasteiger partial charge in [-0.05, 0) is 41.4 Å². The van der Waals surface area contributed by atoms with E-state index in [2.05, 4.69) is 20.3 Å². The third-order valence-electron chi connectivity index (χ3n) is 1.95. The summed E-state index contributed by atoms with van der Waals surface area (Å²) in [6.45, 7) is 0. The van der Waals surface area contributed by atoms with E-state index in [1.165, 1.54) is 12.1 Å². The van der Waals surface area contributed by atoms with Crippen LogP contribution in [0.1, 0.15) is 10.4 Å². The number of rotatable bonds is 3. The number of aromatic nitrogens is 3. The molecule has 0 aliphatic heterocycles. The molecule has 2 N–H and O–H groups in total. The minimum absolute atomic E-state index is 0.0492. The average Bonchev–Trinajstić information content (AvgIpc) is 2.27. The molecule has 0 amide bonds. The summed E-state index contributed by atoms with van der Waals surface area (Å²) in [4.78, 5) is 22.0. The van der Waals surface area contributed by atoms with Crippen molar-refractivity contribution in [3.63, 3.8) is 0 Å². The smallest absolute Gasteiger partial charge is 0.335 e. The van der Waals surface area contributed by atoms with E-state index >= 15 is 0 Å². The third-order valence-corrected chi connectivity index (χ3v) is 2.28. The number of halogens is 2. The van der Waals surface area contributed by atoms with E-state index in [0.29, 0.717) is 5.69 Å². The van der Waals surface area contributed by atoms with Crippen LogP contribution in [0, 0.1) is 0 Å². The Morgan fingerprint density at radius 1 is 1.17 bits per heavy atom. The number of hydrogen-bond acceptors (Lipinski definition) is 5. The molecule has 6 nitrogen and oxygen atoms in total. The number of nitrogens with zero attached hydrogens (tertiary/aromatic N) is 3. The van der Waals surface area contributed by atoms with Gasteiger partial charge in [0.2, 0.25) is 16.5 Å². The highest BCUT2D eigenvalue weighted by atomic mass is 35.5. The zero-order valence-corrected chi connectivity index (χ0v) is 10.3. The number of hydrogen-bond donors (Lipinski definition) is 2. The van der Waals surface area contributed by atoms with Crippen molar-refractivity contribution in [3.05, 3.63) is 40.4 Å². The van der Waals surface area contributed by atoms with Crippen LogP contribution >= 0.6 is 23.2 Å². The Kier molecular flexibility index (Phi) is 3.59. The first-order valence-corrected chi connectivity index (χ1v) is 5.47. The summed E-state index contributed by atoms with van der Waals surface area (Å²) in [5, 5.41) is 11.5. The summed E-state index contributed by atoms with van der Waals surface area (Å²) in [5.41, 5.74) is 0.652. The molecule has 0 unspecified atom stereocenters. The minimum Gasteiger partial charge on any atom is -0.478 e. The topological polar surface area (TPSA) is 88.0 Å². The minimum atomic E-state index is -1.02. The Labute approximate surface area is 112 Å². The fraction of sp³-hybridized carbons (Fsp3) is 0. The number of carboxylic acids is 1. The number of aromatic carboxylic acids is 1. The number of nitrogens with one attached hydrogen (secondary N) is 1. The van der Waals surface area contributed by atoms with Crippen molar-refractivity contribution in [2.45, 2.75) is 0 Å². The molecule has 8 heteroatoms. The number of carboxylic acid groups (broad SMARTS) is 1. The maximum absolute atomic E-state index is 10.8. The van der Waals surface area contributed by atoms with Gasteiger partial charge in [-0.2, -0.15) is 15.0 Å². The molecule has 0 bridgehead atoms. The molecule has 2 rings (SSSR count). The Hall–Kier alpha value is -1.92. The monoisotopic (exact) mass is 284 g/mol. The SMILES string of the molecule is O=C(O)c1cccc(Nc2nc(Cl)nc(Cl)n2)c1. The maximum atomic E-state index is 10.8. The Balaban J connectivity index is 2.28. The van der Waals surface area contributed by atoms with Gasteiger partial charge in [0.15, 0.2) is 0 Å². The molecule has 2 aromatic rings. The number of benzene rings is 1. The van der Waals surface area contributed by atoms with E-state index < -0.39 is 5.97 Å². The van der Waals surface area contributed by atoms with Gasteiger partial charge in [0.1, 0.15) is 0 Å². The zero-order chi connectivity index (χ0) is 13.1. The van der Waals surface area contributed by atoms with E-state index in [1.54, 1.807) is 12.1 Å². The fourth-order valence-electron chi connectivity index (χ4n) is 1.24. The van der Waals surface area contributed by atoms with Crippen LogP contribution in [0.4, 0.5) is 11.6 Å². The molecule has 0 fully saturated rings. The fourth-order valence-corrected chi connectivity index (χ4v) is 1.60. The van der Waals surface area contributed by atoms with Crippen molar-refractivity contribution >= 4 is 40.8 Å². The van der Waals surface area contributed by atoms with Gasteiger partial charge in [0.05, 0.1) is 5.56 Å². The van der Waals surface area contributed by atoms with Gasteiger partial charge in [-0.25, -0.2) is 4.79 Å². The van der Waals surface area contributed by atoms with Gasteiger partial charge < -0.3 is 10.4 Å². The molecule has 1 aromatic carbocycles. The highest BCUT2D eigenvalue weighted by Gasteiger charge is 2.06. The van der Waals surface area contributed by atoms with Crippen LogP contribution in [0.2, 0.25) is 10.6 Å². The van der Waals surface area contributed by atoms with Gasteiger partial charge >= 0.3 is 5.97 Å². The van der Waals surface area contributed by atoms with Crippen LogP contribution in [-0.2, 0) is 0 Å². The maximum Gasteiger partial charge on any atom is 0.335 e. The molecule has 0 saturated heterocycles. The van der Waals surface area contributed by atoms with Crippen molar-refractivity contribution in [3.8, 4) is 0 Å². The number of carbonyl (C=O) groups is 1. The van der Waals surface area contributed by atoms with E-state index in [0.717, 1.165) is 0 Å². The summed E-state index contributed by atoms with van der Waals surface area (Å²) < 4.78 is 0. The van der Waals surface area contributed by atoms with Crippen LogP contribution in [-0.4, -0.2) is 26.0 Å². The lowest BCUT2D eigenvalue weighted by Crippen LogP contribution is -2.01. The Morgan fingerprint density at radius 3 is 2.44 bits per heavy atom. The standard InChI is InChI=1S/C10H6Cl2N4O2/c11-8-14-9(12)16-10(15-8)13-6-3-1-2-5(4-6)7(17)18/h1-4H,(H,17,18)(H,13,14,15,16). The second-order valence-corrected chi connectivity index (χ2v) is 3.88. The van der Waals surface area contributed by atoms with Crippen molar-refractivity contribution in [2.24, 2.45) is 0 Å². The predicted octanol–water partition coefficient (Wildman–Crippen LogP) is 2.62. The highest BCUT2D eigenvalue weighted by molar-refractivity contribution is 6.31. The van der Waals surface area contributed by atoms with Gasteiger partial charge in [0, 0.05) is 5.69 Å². The summed E-state index contributed by atoms with van der Waals surface area (Å²) in [6, 6.07) is 6.17. The van der Waals surface area contributed by atoms with Gasteiger partial charge in [0.25, 0.3) is 0 Å². The molecule has 0 aliphatic rings. The summed E-state index contributed by atoms with van der Waals surface area (Å²) in [7, 11) is 0. The normalized spacial score (nSPS) is 10.1. The molecule has 0 saturated carbocycles. The van der Waals surface area contributed by atoms with Crippen LogP contribution in [0.5, 0.6) is 0 Å². The van der Waals surface area contributed by atoms with Gasteiger partial charge in [-0.3, -0.25) is 0 Å². The van der Waals surface area contributed by atoms with Gasteiger partial charge in [-0.1, -0.05) is 6.07 Å². The van der Waals surface area contributed by atoms with E-state index in [1.807, 2.05) is 0 Å². The average molecular weight is 285 g/mol. The van der Waals surface area contributed by atoms with E-state index in [4.69, 9.17) is 28.3 Å². The summed E-state index contributed by atoms with van der Waals surface area (Å²) in [5.74, 6) is -0.882. The van der Waals surface area contributed by atoms with Crippen LogP contribution in [0.25, 0.3) is 0 Å². The molecule has 1 heterocycles. The molecule has 0 atom stereocenters.